The molecule has 0 unspecified atom stereocenters. The Morgan fingerprint density at radius 1 is 1.33 bits per heavy atom. The first-order valence-corrected chi connectivity index (χ1v) is 3.81. The first-order chi connectivity index (χ1) is 5.49. The Hall–Kier alpha value is -1.19. The lowest BCUT2D eigenvalue weighted by Gasteiger charge is -2.09. The molecule has 0 N–H and O–H groups in total. The Morgan fingerprint density at radius 3 is 2.17 bits per heavy atom. The number of carbonyl (C=O) groups excluding carboxylic acids is 2. The average molecular weight is 170 g/mol. The third-order valence-electron chi connectivity index (χ3n) is 1.47. The molecule has 0 aromatic heterocycles. The van der Waals surface area contributed by atoms with Crippen molar-refractivity contribution in [3.05, 3.63) is 0 Å². The van der Waals surface area contributed by atoms with E-state index >= 15 is 0 Å². The van der Waals surface area contributed by atoms with E-state index in [9.17, 15) is 9.59 Å². The molecule has 0 atom stereocenters. The topological polar surface area (TPSA) is 49.7 Å². The summed E-state index contributed by atoms with van der Waals surface area (Å²) in [6.45, 7) is 4.75. The molecule has 1 amide bonds. The first kappa shape index (κ1) is 10.8. The average Bonchev–Trinajstić information content (AvgIpc) is 2.02. The van der Waals surface area contributed by atoms with Crippen LogP contribution in [0.15, 0.2) is 5.10 Å². The largest absolute Gasteiger partial charge is 0.293 e. The normalized spacial score (nSPS) is 11.2. The van der Waals surface area contributed by atoms with Crippen LogP contribution in [-0.4, -0.2) is 29.5 Å². The summed E-state index contributed by atoms with van der Waals surface area (Å²) in [5.41, 5.74) is 0.347. The number of Topliss-reactive ketones (excluding diaryl/α,β-unsaturated/α-hetero) is 1. The minimum absolute atomic E-state index is 0.101. The summed E-state index contributed by atoms with van der Waals surface area (Å²) in [5, 5.41) is 4.99. The molecule has 0 fully saturated rings. The summed E-state index contributed by atoms with van der Waals surface area (Å²) in [5.74, 6) is -0.221. The molecule has 0 aromatic carbocycles. The maximum atomic E-state index is 11.0. The molecule has 4 heteroatoms. The van der Waals surface area contributed by atoms with Gasteiger partial charge in [-0.05, 0) is 6.92 Å². The van der Waals surface area contributed by atoms with Crippen LogP contribution in [0.2, 0.25) is 0 Å². The van der Waals surface area contributed by atoms with Gasteiger partial charge in [0.2, 0.25) is 5.91 Å². The molecule has 68 valence electrons. The van der Waals surface area contributed by atoms with Crippen molar-refractivity contribution in [3.8, 4) is 0 Å². The molecule has 4 nitrogen and oxygen atoms in total. The Labute approximate surface area is 72.2 Å². The Morgan fingerprint density at radius 2 is 1.83 bits per heavy atom. The predicted octanol–water partition coefficient (Wildman–Crippen LogP) is 0.820. The number of ketones is 1. The van der Waals surface area contributed by atoms with Gasteiger partial charge in [0.25, 0.3) is 0 Å². The van der Waals surface area contributed by atoms with Gasteiger partial charge in [-0.15, -0.1) is 0 Å². The van der Waals surface area contributed by atoms with E-state index in [1.165, 1.54) is 19.0 Å². The van der Waals surface area contributed by atoms with Crippen LogP contribution in [0.1, 0.15) is 27.2 Å². The van der Waals surface area contributed by atoms with Crippen LogP contribution in [0.5, 0.6) is 0 Å². The molecule has 0 bridgehead atoms. The third-order valence-corrected chi connectivity index (χ3v) is 1.47. The van der Waals surface area contributed by atoms with E-state index in [4.69, 9.17) is 0 Å². The highest BCUT2D eigenvalue weighted by molar-refractivity contribution is 6.38. The third kappa shape index (κ3) is 3.27. The molecule has 0 aliphatic heterocycles. The van der Waals surface area contributed by atoms with Crippen molar-refractivity contribution in [2.24, 2.45) is 5.10 Å². The van der Waals surface area contributed by atoms with Crippen LogP contribution < -0.4 is 0 Å². The molecular formula is C8H14N2O2. The predicted molar refractivity (Wildman–Crippen MR) is 46.9 cm³/mol. The molecule has 0 saturated carbocycles. The summed E-state index contributed by atoms with van der Waals surface area (Å²) in [7, 11) is 1.54. The van der Waals surface area contributed by atoms with Gasteiger partial charge in [0.15, 0.2) is 5.78 Å². The highest BCUT2D eigenvalue weighted by Gasteiger charge is 2.05. The zero-order chi connectivity index (χ0) is 9.72. The van der Waals surface area contributed by atoms with Crippen molar-refractivity contribution in [1.82, 2.24) is 5.01 Å². The molecule has 0 aliphatic carbocycles. The second-order valence-corrected chi connectivity index (χ2v) is 2.51. The van der Waals surface area contributed by atoms with Gasteiger partial charge in [0.05, 0.1) is 0 Å². The molecule has 0 radical (unpaired) electrons. The summed E-state index contributed by atoms with van der Waals surface area (Å²) in [4.78, 5) is 21.7. The van der Waals surface area contributed by atoms with Gasteiger partial charge in [-0.25, -0.2) is 5.01 Å². The van der Waals surface area contributed by atoms with Crippen LogP contribution >= 0.6 is 0 Å². The molecule has 0 rings (SSSR count). The quantitative estimate of drug-likeness (QED) is 0.465. The Bertz CT molecular complexity index is 221. The minimum Gasteiger partial charge on any atom is -0.293 e. The fraction of sp³-hybridized carbons (Fsp3) is 0.625. The van der Waals surface area contributed by atoms with Crippen molar-refractivity contribution < 1.29 is 9.59 Å². The fourth-order valence-electron chi connectivity index (χ4n) is 0.580. The second kappa shape index (κ2) is 4.64. The molecule has 0 aliphatic rings. The van der Waals surface area contributed by atoms with E-state index in [0.717, 1.165) is 0 Å². The highest BCUT2D eigenvalue weighted by Crippen LogP contribution is 1.92. The number of carbonyl (C=O) groups is 2. The van der Waals surface area contributed by atoms with E-state index in [0.29, 0.717) is 12.1 Å². The molecule has 0 aromatic rings. The van der Waals surface area contributed by atoms with Gasteiger partial charge in [-0.2, -0.15) is 5.10 Å². The minimum atomic E-state index is -0.120. The van der Waals surface area contributed by atoms with E-state index < -0.39 is 0 Å². The molecule has 0 heterocycles. The van der Waals surface area contributed by atoms with Gasteiger partial charge in [-0.1, -0.05) is 6.92 Å². The number of hydrazone groups is 1. The van der Waals surface area contributed by atoms with Gasteiger partial charge in [0, 0.05) is 20.4 Å². The van der Waals surface area contributed by atoms with Crippen molar-refractivity contribution in [3.63, 3.8) is 0 Å². The molecule has 12 heavy (non-hydrogen) atoms. The number of hydrogen-bond donors (Lipinski definition) is 0. The standard InChI is InChI=1S/C8H14N2O2/c1-5-8(12)10(4)9-6(2)7(3)11/h5H2,1-4H3/b9-6+. The molecule has 0 saturated heterocycles. The van der Waals surface area contributed by atoms with Crippen LogP contribution in [0.4, 0.5) is 0 Å². The number of amides is 1. The second-order valence-electron chi connectivity index (χ2n) is 2.51. The van der Waals surface area contributed by atoms with Gasteiger partial charge in [0.1, 0.15) is 5.71 Å². The smallest absolute Gasteiger partial charge is 0.242 e. The van der Waals surface area contributed by atoms with Crippen LogP contribution in [0.3, 0.4) is 0 Å². The summed E-state index contributed by atoms with van der Waals surface area (Å²) >= 11 is 0. The summed E-state index contributed by atoms with van der Waals surface area (Å²) < 4.78 is 0. The fourth-order valence-corrected chi connectivity index (χ4v) is 0.580. The monoisotopic (exact) mass is 170 g/mol. The maximum absolute atomic E-state index is 11.0. The van der Waals surface area contributed by atoms with Crippen molar-refractivity contribution >= 4 is 17.4 Å². The van der Waals surface area contributed by atoms with E-state index in [2.05, 4.69) is 5.10 Å². The van der Waals surface area contributed by atoms with Gasteiger partial charge < -0.3 is 0 Å². The number of rotatable bonds is 3. The zero-order valence-corrected chi connectivity index (χ0v) is 7.92. The lowest BCUT2D eigenvalue weighted by Crippen LogP contribution is -2.22. The summed E-state index contributed by atoms with van der Waals surface area (Å²) in [6, 6.07) is 0. The SMILES string of the molecule is CCC(=O)N(C)/N=C(\C)C(C)=O. The molecule has 0 spiro atoms. The van der Waals surface area contributed by atoms with Crippen LogP contribution in [0, 0.1) is 0 Å². The number of hydrogen-bond acceptors (Lipinski definition) is 3. The first-order valence-electron chi connectivity index (χ1n) is 3.81. The van der Waals surface area contributed by atoms with E-state index in [1.54, 1.807) is 13.8 Å². The van der Waals surface area contributed by atoms with E-state index in [-0.39, 0.29) is 11.7 Å². The van der Waals surface area contributed by atoms with Crippen LogP contribution in [-0.2, 0) is 9.59 Å². The van der Waals surface area contributed by atoms with Crippen LogP contribution in [0.25, 0.3) is 0 Å². The summed E-state index contributed by atoms with van der Waals surface area (Å²) in [6.07, 6.45) is 0.394. The Kier molecular flexibility index (Phi) is 4.18. The van der Waals surface area contributed by atoms with Gasteiger partial charge in [-0.3, -0.25) is 9.59 Å². The maximum Gasteiger partial charge on any atom is 0.242 e. The van der Waals surface area contributed by atoms with Gasteiger partial charge >= 0.3 is 0 Å². The lowest BCUT2D eigenvalue weighted by molar-refractivity contribution is -0.129. The van der Waals surface area contributed by atoms with Crippen molar-refractivity contribution in [1.29, 1.82) is 0 Å². The van der Waals surface area contributed by atoms with Crippen molar-refractivity contribution in [2.75, 3.05) is 7.05 Å². The molecular weight excluding hydrogens is 156 g/mol. The Balaban J connectivity index is 4.33. The number of nitrogens with zero attached hydrogens (tertiary/aromatic N) is 2. The highest BCUT2D eigenvalue weighted by atomic mass is 16.2. The lowest BCUT2D eigenvalue weighted by atomic mass is 10.3. The van der Waals surface area contributed by atoms with Crippen molar-refractivity contribution in [2.45, 2.75) is 27.2 Å². The van der Waals surface area contributed by atoms with E-state index in [1.807, 2.05) is 0 Å². The zero-order valence-electron chi connectivity index (χ0n) is 7.92.